The fraction of sp³-hybridized carbons (Fsp3) is 0.667. The molecule has 0 aliphatic heterocycles. The number of rotatable bonds is 4. The lowest BCUT2D eigenvalue weighted by Crippen LogP contribution is -2.27. The Morgan fingerprint density at radius 1 is 1.50 bits per heavy atom. The van der Waals surface area contributed by atoms with Gasteiger partial charge in [-0.1, -0.05) is 19.3 Å². The van der Waals surface area contributed by atoms with Crippen molar-refractivity contribution in [1.29, 1.82) is 5.26 Å². The number of nitrogens with zero attached hydrogens (tertiary/aromatic N) is 1. The van der Waals surface area contributed by atoms with Crippen LogP contribution in [-0.4, -0.2) is 18.6 Å². The van der Waals surface area contributed by atoms with Gasteiger partial charge in [-0.2, -0.15) is 5.26 Å². The van der Waals surface area contributed by atoms with Gasteiger partial charge >= 0.3 is 5.97 Å². The predicted octanol–water partition coefficient (Wildman–Crippen LogP) is 1.88. The van der Waals surface area contributed by atoms with Gasteiger partial charge in [-0.15, -0.1) is 0 Å². The highest BCUT2D eigenvalue weighted by Crippen LogP contribution is 2.17. The first-order valence-corrected chi connectivity index (χ1v) is 5.81. The summed E-state index contributed by atoms with van der Waals surface area (Å²) in [6.07, 6.45) is 7.43. The third kappa shape index (κ3) is 3.93. The van der Waals surface area contributed by atoms with Crippen LogP contribution in [0.2, 0.25) is 0 Å². The summed E-state index contributed by atoms with van der Waals surface area (Å²) in [5.41, 5.74) is 0.0485. The molecule has 88 valence electrons. The Labute approximate surface area is 96.3 Å². The molecule has 1 rings (SSSR count). The highest BCUT2D eigenvalue weighted by atomic mass is 16.5. The minimum Gasteiger partial charge on any atom is -0.462 e. The molecule has 16 heavy (non-hydrogen) atoms. The molecule has 1 N–H and O–H groups in total. The van der Waals surface area contributed by atoms with E-state index in [-0.39, 0.29) is 5.57 Å². The number of hydrogen-bond donors (Lipinski definition) is 1. The standard InChI is InChI=1S/C12H18N2O2/c1-2-16-12(15)10(8-13)9-14-11-6-4-3-5-7-11/h9,11,14H,2-7H2,1H3. The summed E-state index contributed by atoms with van der Waals surface area (Å²) in [4.78, 5) is 11.3. The van der Waals surface area contributed by atoms with Crippen LogP contribution in [0.3, 0.4) is 0 Å². The second-order valence-electron chi connectivity index (χ2n) is 3.89. The minimum atomic E-state index is -0.548. The smallest absolute Gasteiger partial charge is 0.350 e. The molecule has 0 atom stereocenters. The van der Waals surface area contributed by atoms with Gasteiger partial charge in [0.25, 0.3) is 0 Å². The van der Waals surface area contributed by atoms with E-state index in [2.05, 4.69) is 5.32 Å². The van der Waals surface area contributed by atoms with Gasteiger partial charge < -0.3 is 10.1 Å². The SMILES string of the molecule is CCOC(=O)C(C#N)=CNC1CCCCC1. The third-order valence-electron chi connectivity index (χ3n) is 2.68. The first-order chi connectivity index (χ1) is 7.77. The molecular formula is C12H18N2O2. The number of ether oxygens (including phenoxy) is 1. The second-order valence-corrected chi connectivity index (χ2v) is 3.89. The Kier molecular flexibility index (Phi) is 5.41. The zero-order chi connectivity index (χ0) is 11.8. The zero-order valence-electron chi connectivity index (χ0n) is 9.66. The molecule has 0 unspecified atom stereocenters. The molecule has 4 heteroatoms. The van der Waals surface area contributed by atoms with Gasteiger partial charge in [-0.3, -0.25) is 0 Å². The largest absolute Gasteiger partial charge is 0.462 e. The van der Waals surface area contributed by atoms with Crippen molar-refractivity contribution in [2.45, 2.75) is 45.1 Å². The van der Waals surface area contributed by atoms with Crippen LogP contribution in [0.4, 0.5) is 0 Å². The van der Waals surface area contributed by atoms with Gasteiger partial charge in [0.15, 0.2) is 5.57 Å². The highest BCUT2D eigenvalue weighted by molar-refractivity contribution is 5.92. The van der Waals surface area contributed by atoms with E-state index in [4.69, 9.17) is 10.00 Å². The van der Waals surface area contributed by atoms with Crippen LogP contribution in [0.15, 0.2) is 11.8 Å². The summed E-state index contributed by atoms with van der Waals surface area (Å²) in [7, 11) is 0. The number of hydrogen-bond acceptors (Lipinski definition) is 4. The molecule has 0 amide bonds. The summed E-state index contributed by atoms with van der Waals surface area (Å²) in [6, 6.07) is 2.25. The van der Waals surface area contributed by atoms with Crippen LogP contribution >= 0.6 is 0 Å². The van der Waals surface area contributed by atoms with E-state index in [0.29, 0.717) is 12.6 Å². The molecule has 0 bridgehead atoms. The van der Waals surface area contributed by atoms with E-state index in [9.17, 15) is 4.79 Å². The fourth-order valence-electron chi connectivity index (χ4n) is 1.82. The molecule has 1 aliphatic carbocycles. The molecule has 0 heterocycles. The fourth-order valence-corrected chi connectivity index (χ4v) is 1.82. The topological polar surface area (TPSA) is 62.1 Å². The Morgan fingerprint density at radius 2 is 2.19 bits per heavy atom. The lowest BCUT2D eigenvalue weighted by Gasteiger charge is -2.21. The number of carbonyl (C=O) groups excluding carboxylic acids is 1. The molecule has 0 saturated heterocycles. The summed E-state index contributed by atoms with van der Waals surface area (Å²) < 4.78 is 4.77. The normalized spacial score (nSPS) is 17.6. The van der Waals surface area contributed by atoms with Crippen molar-refractivity contribution >= 4 is 5.97 Å². The first kappa shape index (κ1) is 12.6. The lowest BCUT2D eigenvalue weighted by atomic mass is 9.96. The molecule has 0 spiro atoms. The molecule has 0 radical (unpaired) electrons. The number of carbonyl (C=O) groups is 1. The van der Waals surface area contributed by atoms with Crippen molar-refractivity contribution < 1.29 is 9.53 Å². The van der Waals surface area contributed by atoms with Gasteiger partial charge in [0.2, 0.25) is 0 Å². The summed E-state index contributed by atoms with van der Waals surface area (Å²) in [6.45, 7) is 2.02. The number of esters is 1. The Balaban J connectivity index is 2.46. The van der Waals surface area contributed by atoms with Crippen LogP contribution in [0.5, 0.6) is 0 Å². The Hall–Kier alpha value is -1.50. The second kappa shape index (κ2) is 6.89. The van der Waals surface area contributed by atoms with Crippen molar-refractivity contribution in [2.24, 2.45) is 0 Å². The van der Waals surface area contributed by atoms with E-state index in [1.807, 2.05) is 6.07 Å². The lowest BCUT2D eigenvalue weighted by molar-refractivity contribution is -0.138. The minimum absolute atomic E-state index is 0.0485. The number of nitriles is 1. The summed E-state index contributed by atoms with van der Waals surface area (Å²) in [5.74, 6) is -0.548. The molecule has 0 aromatic carbocycles. The monoisotopic (exact) mass is 222 g/mol. The molecule has 0 aromatic heterocycles. The van der Waals surface area contributed by atoms with Crippen LogP contribution in [0, 0.1) is 11.3 Å². The molecule has 4 nitrogen and oxygen atoms in total. The molecule has 1 aliphatic rings. The van der Waals surface area contributed by atoms with Crippen molar-refractivity contribution in [3.8, 4) is 6.07 Å². The van der Waals surface area contributed by atoms with E-state index in [1.165, 1.54) is 25.5 Å². The maximum Gasteiger partial charge on any atom is 0.350 e. The highest BCUT2D eigenvalue weighted by Gasteiger charge is 2.13. The molecule has 1 fully saturated rings. The van der Waals surface area contributed by atoms with Crippen molar-refractivity contribution in [3.05, 3.63) is 11.8 Å². The van der Waals surface area contributed by atoms with Crippen LogP contribution in [-0.2, 0) is 9.53 Å². The zero-order valence-corrected chi connectivity index (χ0v) is 9.66. The van der Waals surface area contributed by atoms with E-state index in [0.717, 1.165) is 12.8 Å². The van der Waals surface area contributed by atoms with E-state index < -0.39 is 5.97 Å². The Bertz CT molecular complexity index is 299. The van der Waals surface area contributed by atoms with Crippen LogP contribution in [0.1, 0.15) is 39.0 Å². The van der Waals surface area contributed by atoms with Gasteiger partial charge in [0, 0.05) is 12.2 Å². The van der Waals surface area contributed by atoms with Gasteiger partial charge in [0.05, 0.1) is 6.61 Å². The van der Waals surface area contributed by atoms with Gasteiger partial charge in [-0.25, -0.2) is 4.79 Å². The van der Waals surface area contributed by atoms with E-state index >= 15 is 0 Å². The maximum absolute atomic E-state index is 11.3. The van der Waals surface area contributed by atoms with Crippen LogP contribution < -0.4 is 5.32 Å². The van der Waals surface area contributed by atoms with Crippen LogP contribution in [0.25, 0.3) is 0 Å². The molecule has 1 saturated carbocycles. The molecule has 0 aromatic rings. The summed E-state index contributed by atoms with van der Waals surface area (Å²) >= 11 is 0. The van der Waals surface area contributed by atoms with Gasteiger partial charge in [0.1, 0.15) is 6.07 Å². The quantitative estimate of drug-likeness (QED) is 0.448. The molecular weight excluding hydrogens is 204 g/mol. The van der Waals surface area contributed by atoms with Crippen molar-refractivity contribution in [3.63, 3.8) is 0 Å². The van der Waals surface area contributed by atoms with Crippen molar-refractivity contribution in [1.82, 2.24) is 5.32 Å². The van der Waals surface area contributed by atoms with Gasteiger partial charge in [-0.05, 0) is 19.8 Å². The maximum atomic E-state index is 11.3. The average Bonchev–Trinajstić information content (AvgIpc) is 2.31. The average molecular weight is 222 g/mol. The van der Waals surface area contributed by atoms with Crippen molar-refractivity contribution in [2.75, 3.05) is 6.61 Å². The first-order valence-electron chi connectivity index (χ1n) is 5.81. The summed E-state index contributed by atoms with van der Waals surface area (Å²) in [5, 5.41) is 11.9. The predicted molar refractivity (Wildman–Crippen MR) is 60.3 cm³/mol. The van der Waals surface area contributed by atoms with E-state index in [1.54, 1.807) is 6.92 Å². The number of nitrogens with one attached hydrogen (secondary N) is 1. The third-order valence-corrected chi connectivity index (χ3v) is 2.68. The Morgan fingerprint density at radius 3 is 2.75 bits per heavy atom.